The van der Waals surface area contributed by atoms with Gasteiger partial charge in [-0.05, 0) is 47.2 Å². The minimum atomic E-state index is -1.15. The van der Waals surface area contributed by atoms with Gasteiger partial charge in [0.05, 0.1) is 0 Å². The maximum absolute atomic E-state index is 11.8. The minimum Gasteiger partial charge on any atom is -0.484 e. The molecule has 0 fully saturated rings. The third kappa shape index (κ3) is 3.59. The van der Waals surface area contributed by atoms with Crippen molar-refractivity contribution < 1.29 is 19.4 Å². The topological polar surface area (TPSA) is 91.4 Å². The van der Waals surface area contributed by atoms with Crippen LogP contribution in [0.2, 0.25) is 0 Å². The van der Waals surface area contributed by atoms with Crippen molar-refractivity contribution in [3.63, 3.8) is 0 Å². The Morgan fingerprint density at radius 2 is 1.95 bits per heavy atom. The van der Waals surface area contributed by atoms with Gasteiger partial charge >= 0.3 is 5.97 Å². The largest absolute Gasteiger partial charge is 0.484 e. The number of carboxylic acid groups (broad SMARTS) is 1. The fourth-order valence-corrected chi connectivity index (χ4v) is 2.29. The number of benzene rings is 1. The van der Waals surface area contributed by atoms with Crippen LogP contribution < -0.4 is 10.1 Å². The molecule has 0 aliphatic rings. The molecule has 1 atom stereocenters. The molecule has 3 N–H and O–H groups in total. The second kappa shape index (κ2) is 6.82. The molecule has 1 amide bonds. The number of hydrogen-bond acceptors (Lipinski definition) is 3. The maximum Gasteiger partial charge on any atom is 0.352 e. The Hall–Kier alpha value is -2.03. The number of amides is 1. The van der Waals surface area contributed by atoms with Crippen molar-refractivity contribution in [3.8, 4) is 5.75 Å². The number of aromatic nitrogens is 1. The van der Waals surface area contributed by atoms with Gasteiger partial charge in [-0.2, -0.15) is 0 Å². The smallest absolute Gasteiger partial charge is 0.352 e. The van der Waals surface area contributed by atoms with Crippen LogP contribution in [0.5, 0.6) is 5.75 Å². The summed E-state index contributed by atoms with van der Waals surface area (Å²) in [4.78, 5) is 25.4. The van der Waals surface area contributed by atoms with Gasteiger partial charge in [0.15, 0.2) is 5.75 Å². The molecule has 22 heavy (non-hydrogen) atoms. The number of hydrogen-bond donors (Lipinski definition) is 3. The standard InChI is InChI=1S/C15H15IN2O4/c1-8(9-3-5-10(16)6-4-9)22-12-7-11(15(20)21)18-13(12)14(19)17-2/h3-8,18H,1-2H3,(H,17,19)(H,20,21). The van der Waals surface area contributed by atoms with Crippen LogP contribution in [-0.2, 0) is 0 Å². The molecule has 0 bridgehead atoms. The number of carbonyl (C=O) groups is 2. The van der Waals surface area contributed by atoms with Crippen molar-refractivity contribution in [2.45, 2.75) is 13.0 Å². The van der Waals surface area contributed by atoms with E-state index in [-0.39, 0.29) is 23.2 Å². The molecule has 0 saturated carbocycles. The van der Waals surface area contributed by atoms with Gasteiger partial charge in [-0.3, -0.25) is 4.79 Å². The Morgan fingerprint density at radius 1 is 1.32 bits per heavy atom. The predicted octanol–water partition coefficient (Wildman–Crippen LogP) is 2.82. The maximum atomic E-state index is 11.8. The third-order valence-electron chi connectivity index (χ3n) is 3.11. The molecule has 2 aromatic rings. The van der Waals surface area contributed by atoms with Crippen LogP contribution in [0.25, 0.3) is 0 Å². The summed E-state index contributed by atoms with van der Waals surface area (Å²) in [5, 5.41) is 11.5. The number of aromatic carboxylic acids is 1. The quantitative estimate of drug-likeness (QED) is 0.657. The van der Waals surface area contributed by atoms with Crippen LogP contribution in [0.15, 0.2) is 30.3 Å². The lowest BCUT2D eigenvalue weighted by Crippen LogP contribution is -2.19. The molecule has 6 nitrogen and oxygen atoms in total. The van der Waals surface area contributed by atoms with Crippen molar-refractivity contribution in [3.05, 3.63) is 50.9 Å². The van der Waals surface area contributed by atoms with E-state index in [0.717, 1.165) is 9.13 Å². The Labute approximate surface area is 141 Å². The van der Waals surface area contributed by atoms with Gasteiger partial charge in [-0.25, -0.2) is 4.79 Å². The normalized spacial score (nSPS) is 11.8. The number of carboxylic acids is 1. The molecular weight excluding hydrogens is 399 g/mol. The van der Waals surface area contributed by atoms with E-state index in [1.54, 1.807) is 0 Å². The highest BCUT2D eigenvalue weighted by Crippen LogP contribution is 2.27. The highest BCUT2D eigenvalue weighted by molar-refractivity contribution is 14.1. The molecule has 0 saturated heterocycles. The highest BCUT2D eigenvalue weighted by Gasteiger charge is 2.21. The van der Waals surface area contributed by atoms with Gasteiger partial charge in [-0.1, -0.05) is 12.1 Å². The molecule has 2 rings (SSSR count). The zero-order valence-corrected chi connectivity index (χ0v) is 14.2. The van der Waals surface area contributed by atoms with E-state index in [2.05, 4.69) is 32.9 Å². The summed E-state index contributed by atoms with van der Waals surface area (Å²) < 4.78 is 6.87. The molecule has 0 aliphatic carbocycles. The number of aromatic amines is 1. The number of halogens is 1. The minimum absolute atomic E-state index is 0.0941. The van der Waals surface area contributed by atoms with Gasteiger partial charge in [0, 0.05) is 16.7 Å². The van der Waals surface area contributed by atoms with Gasteiger partial charge in [-0.15, -0.1) is 0 Å². The summed E-state index contributed by atoms with van der Waals surface area (Å²) in [6.07, 6.45) is -0.321. The number of carbonyl (C=O) groups excluding carboxylic acids is 1. The van der Waals surface area contributed by atoms with E-state index in [1.165, 1.54) is 13.1 Å². The van der Waals surface area contributed by atoms with E-state index in [1.807, 2.05) is 31.2 Å². The van der Waals surface area contributed by atoms with Crippen LogP contribution >= 0.6 is 22.6 Å². The summed E-state index contributed by atoms with van der Waals surface area (Å²) in [5.41, 5.74) is 0.932. The molecule has 0 spiro atoms. The zero-order valence-electron chi connectivity index (χ0n) is 12.0. The second-order valence-corrected chi connectivity index (χ2v) is 5.86. The monoisotopic (exact) mass is 414 g/mol. The van der Waals surface area contributed by atoms with Crippen LogP contribution in [0, 0.1) is 3.57 Å². The predicted molar refractivity (Wildman–Crippen MR) is 89.3 cm³/mol. The molecule has 0 radical (unpaired) electrons. The fraction of sp³-hybridized carbons (Fsp3) is 0.200. The summed E-state index contributed by atoms with van der Waals surface area (Å²) in [6, 6.07) is 9.08. The molecule has 116 valence electrons. The SMILES string of the molecule is CNC(=O)c1[nH]c(C(=O)O)cc1OC(C)c1ccc(I)cc1. The fourth-order valence-electron chi connectivity index (χ4n) is 1.93. The van der Waals surface area contributed by atoms with Crippen molar-refractivity contribution in [1.29, 1.82) is 0 Å². The number of ether oxygens (including phenoxy) is 1. The molecule has 1 aromatic carbocycles. The first-order valence-electron chi connectivity index (χ1n) is 6.53. The van der Waals surface area contributed by atoms with Gasteiger partial charge in [0.2, 0.25) is 0 Å². The summed E-state index contributed by atoms with van der Waals surface area (Å²) in [6.45, 7) is 1.84. The van der Waals surface area contributed by atoms with Gasteiger partial charge in [0.25, 0.3) is 5.91 Å². The summed E-state index contributed by atoms with van der Waals surface area (Å²) >= 11 is 2.21. The van der Waals surface area contributed by atoms with E-state index in [4.69, 9.17) is 9.84 Å². The Kier molecular flexibility index (Phi) is 5.07. The Bertz CT molecular complexity index is 694. The Morgan fingerprint density at radius 3 is 2.50 bits per heavy atom. The van der Waals surface area contributed by atoms with E-state index in [0.29, 0.717) is 0 Å². The van der Waals surface area contributed by atoms with E-state index < -0.39 is 11.9 Å². The zero-order chi connectivity index (χ0) is 16.3. The lowest BCUT2D eigenvalue weighted by atomic mass is 10.1. The molecule has 1 heterocycles. The van der Waals surface area contributed by atoms with Crippen LogP contribution in [0.1, 0.15) is 39.6 Å². The lowest BCUT2D eigenvalue weighted by molar-refractivity contribution is 0.0691. The first-order chi connectivity index (χ1) is 10.4. The van der Waals surface area contributed by atoms with Crippen LogP contribution in [0.3, 0.4) is 0 Å². The van der Waals surface area contributed by atoms with Crippen molar-refractivity contribution in [2.75, 3.05) is 7.05 Å². The highest BCUT2D eigenvalue weighted by atomic mass is 127. The van der Waals surface area contributed by atoms with E-state index in [9.17, 15) is 9.59 Å². The van der Waals surface area contributed by atoms with Crippen molar-refractivity contribution in [2.24, 2.45) is 0 Å². The summed E-state index contributed by atoms with van der Waals surface area (Å²) in [5.74, 6) is -1.37. The number of rotatable bonds is 5. The molecule has 1 unspecified atom stereocenters. The number of nitrogens with one attached hydrogen (secondary N) is 2. The Balaban J connectivity index is 2.29. The lowest BCUT2D eigenvalue weighted by Gasteiger charge is -2.15. The van der Waals surface area contributed by atoms with Crippen molar-refractivity contribution in [1.82, 2.24) is 10.3 Å². The van der Waals surface area contributed by atoms with Gasteiger partial charge in [0.1, 0.15) is 17.5 Å². The molecular formula is C15H15IN2O4. The summed E-state index contributed by atoms with van der Waals surface area (Å²) in [7, 11) is 1.47. The third-order valence-corrected chi connectivity index (χ3v) is 3.83. The van der Waals surface area contributed by atoms with Crippen LogP contribution in [0.4, 0.5) is 0 Å². The van der Waals surface area contributed by atoms with Gasteiger partial charge < -0.3 is 20.1 Å². The van der Waals surface area contributed by atoms with Crippen molar-refractivity contribution >= 4 is 34.5 Å². The van der Waals surface area contributed by atoms with Crippen LogP contribution in [-0.4, -0.2) is 29.0 Å². The van der Waals surface area contributed by atoms with E-state index >= 15 is 0 Å². The molecule has 1 aromatic heterocycles. The molecule has 7 heteroatoms. The molecule has 0 aliphatic heterocycles. The number of H-pyrrole nitrogens is 1. The first kappa shape index (κ1) is 16.3. The average Bonchev–Trinajstić information content (AvgIpc) is 2.91. The first-order valence-corrected chi connectivity index (χ1v) is 7.60. The average molecular weight is 414 g/mol. The second-order valence-electron chi connectivity index (χ2n) is 4.62.